The van der Waals surface area contributed by atoms with Crippen molar-refractivity contribution in [3.05, 3.63) is 35.4 Å². The molecule has 148 valence electrons. The van der Waals surface area contributed by atoms with Crippen LogP contribution < -0.4 is 5.32 Å². The molecule has 1 saturated carbocycles. The van der Waals surface area contributed by atoms with E-state index >= 15 is 0 Å². The lowest BCUT2D eigenvalue weighted by Gasteiger charge is -2.41. The molecule has 1 aromatic carbocycles. The molecule has 2 N–H and O–H groups in total. The summed E-state index contributed by atoms with van der Waals surface area (Å²) in [6.07, 6.45) is 5.39. The molecule has 0 unspecified atom stereocenters. The average Bonchev–Trinajstić information content (AvgIpc) is 3.08. The highest BCUT2D eigenvalue weighted by molar-refractivity contribution is 5.85. The molecule has 0 radical (unpaired) electrons. The second-order valence-corrected chi connectivity index (χ2v) is 8.10. The van der Waals surface area contributed by atoms with Gasteiger partial charge in [0.05, 0.1) is 17.6 Å². The molecule has 2 aliphatic rings. The molecule has 1 saturated heterocycles. The zero-order valence-corrected chi connectivity index (χ0v) is 16.5. The number of amides is 2. The van der Waals surface area contributed by atoms with E-state index in [9.17, 15) is 14.7 Å². The van der Waals surface area contributed by atoms with E-state index in [0.29, 0.717) is 32.4 Å². The lowest BCUT2D eigenvalue weighted by molar-refractivity contribution is -0.143. The van der Waals surface area contributed by atoms with E-state index in [1.165, 1.54) is 0 Å². The summed E-state index contributed by atoms with van der Waals surface area (Å²) in [5, 5.41) is 13.5. The van der Waals surface area contributed by atoms with Crippen molar-refractivity contribution in [2.24, 2.45) is 5.92 Å². The maximum Gasteiger partial charge on any atom is 0.225 e. The molecule has 3 rings (SSSR count). The number of hydrogen-bond acceptors (Lipinski definition) is 3. The Hall–Kier alpha value is -1.88. The van der Waals surface area contributed by atoms with Gasteiger partial charge in [-0.15, -0.1) is 0 Å². The van der Waals surface area contributed by atoms with Crippen molar-refractivity contribution in [3.8, 4) is 0 Å². The summed E-state index contributed by atoms with van der Waals surface area (Å²) in [5.41, 5.74) is 1.55. The standard InChI is InChI=1S/C22H32N2O3/c1-3-24-19(25)11-10-18(20(24)17-9-5-4-8-16(17)2)21(26)23-15-14-22(27)12-6-7-13-22/h4-5,8-9,18,20,27H,3,6-7,10-15H2,1-2H3,(H,23,26)/t18-,20+/m1/s1. The van der Waals surface area contributed by atoms with Crippen LogP contribution in [0.2, 0.25) is 0 Å². The van der Waals surface area contributed by atoms with Gasteiger partial charge in [-0.1, -0.05) is 37.1 Å². The van der Waals surface area contributed by atoms with E-state index in [4.69, 9.17) is 0 Å². The van der Waals surface area contributed by atoms with E-state index in [0.717, 1.165) is 36.8 Å². The first-order valence-corrected chi connectivity index (χ1v) is 10.3. The third-order valence-corrected chi connectivity index (χ3v) is 6.31. The number of benzene rings is 1. The average molecular weight is 373 g/mol. The Kier molecular flexibility index (Phi) is 6.20. The van der Waals surface area contributed by atoms with Crippen molar-refractivity contribution in [2.75, 3.05) is 13.1 Å². The summed E-state index contributed by atoms with van der Waals surface area (Å²) in [7, 11) is 0. The number of piperidine rings is 1. The van der Waals surface area contributed by atoms with Gasteiger partial charge in [0.15, 0.2) is 0 Å². The molecular formula is C22H32N2O3. The van der Waals surface area contributed by atoms with Crippen molar-refractivity contribution in [2.45, 2.75) is 70.4 Å². The molecule has 2 fully saturated rings. The summed E-state index contributed by atoms with van der Waals surface area (Å²) in [5.74, 6) is -0.132. The maximum atomic E-state index is 13.0. The first-order valence-electron chi connectivity index (χ1n) is 10.3. The third kappa shape index (κ3) is 4.34. The number of nitrogens with one attached hydrogen (secondary N) is 1. The highest BCUT2D eigenvalue weighted by Gasteiger charge is 2.40. The Morgan fingerprint density at radius 1 is 1.30 bits per heavy atom. The van der Waals surface area contributed by atoms with Gasteiger partial charge in [0.25, 0.3) is 0 Å². The van der Waals surface area contributed by atoms with E-state index in [-0.39, 0.29) is 23.8 Å². The number of aryl methyl sites for hydroxylation is 1. The summed E-state index contributed by atoms with van der Waals surface area (Å²) in [4.78, 5) is 27.3. The Bertz CT molecular complexity index is 682. The van der Waals surface area contributed by atoms with Gasteiger partial charge in [-0.2, -0.15) is 0 Å². The van der Waals surface area contributed by atoms with Gasteiger partial charge in [0.1, 0.15) is 0 Å². The second kappa shape index (κ2) is 8.42. The van der Waals surface area contributed by atoms with Crippen LogP contribution in [0.3, 0.4) is 0 Å². The Labute approximate surface area is 162 Å². The van der Waals surface area contributed by atoms with Gasteiger partial charge < -0.3 is 15.3 Å². The number of likely N-dealkylation sites (tertiary alicyclic amines) is 1. The summed E-state index contributed by atoms with van der Waals surface area (Å²) >= 11 is 0. The minimum Gasteiger partial charge on any atom is -0.390 e. The highest BCUT2D eigenvalue weighted by atomic mass is 16.3. The maximum absolute atomic E-state index is 13.0. The van der Waals surface area contributed by atoms with E-state index in [2.05, 4.69) is 5.32 Å². The molecule has 1 aromatic rings. The number of aliphatic hydroxyl groups is 1. The number of carbonyl (C=O) groups excluding carboxylic acids is 2. The van der Waals surface area contributed by atoms with Crippen molar-refractivity contribution in [3.63, 3.8) is 0 Å². The van der Waals surface area contributed by atoms with Crippen LogP contribution in [0.25, 0.3) is 0 Å². The fourth-order valence-corrected chi connectivity index (χ4v) is 4.74. The van der Waals surface area contributed by atoms with Crippen LogP contribution in [0.15, 0.2) is 24.3 Å². The molecule has 1 aliphatic carbocycles. The minimum atomic E-state index is -0.610. The normalized spacial score (nSPS) is 24.9. The fraction of sp³-hybridized carbons (Fsp3) is 0.636. The Morgan fingerprint density at radius 2 is 2.00 bits per heavy atom. The second-order valence-electron chi connectivity index (χ2n) is 8.10. The van der Waals surface area contributed by atoms with Crippen molar-refractivity contribution >= 4 is 11.8 Å². The molecule has 27 heavy (non-hydrogen) atoms. The van der Waals surface area contributed by atoms with Crippen LogP contribution in [0.1, 0.15) is 69.0 Å². The summed E-state index contributed by atoms with van der Waals surface area (Å²) in [6, 6.07) is 7.80. The number of rotatable bonds is 6. The van der Waals surface area contributed by atoms with Gasteiger partial charge in [0.2, 0.25) is 11.8 Å². The summed E-state index contributed by atoms with van der Waals surface area (Å²) < 4.78 is 0. The van der Waals surface area contributed by atoms with Crippen LogP contribution >= 0.6 is 0 Å². The monoisotopic (exact) mass is 372 g/mol. The van der Waals surface area contributed by atoms with Gasteiger partial charge in [-0.25, -0.2) is 0 Å². The molecule has 1 aliphatic heterocycles. The predicted molar refractivity (Wildman–Crippen MR) is 105 cm³/mol. The van der Waals surface area contributed by atoms with Crippen molar-refractivity contribution in [1.29, 1.82) is 0 Å². The third-order valence-electron chi connectivity index (χ3n) is 6.31. The lowest BCUT2D eigenvalue weighted by atomic mass is 9.82. The SMILES string of the molecule is CCN1C(=O)CC[C@@H](C(=O)NCCC2(O)CCCC2)[C@@H]1c1ccccc1C. The lowest BCUT2D eigenvalue weighted by Crippen LogP contribution is -2.48. The predicted octanol–water partition coefficient (Wildman–Crippen LogP) is 3.11. The molecule has 5 heteroatoms. The van der Waals surface area contributed by atoms with Crippen LogP contribution in [0, 0.1) is 12.8 Å². The van der Waals surface area contributed by atoms with Crippen LogP contribution in [0.5, 0.6) is 0 Å². The molecule has 1 heterocycles. The number of hydrogen-bond donors (Lipinski definition) is 2. The van der Waals surface area contributed by atoms with Crippen molar-refractivity contribution in [1.82, 2.24) is 10.2 Å². The number of carbonyl (C=O) groups is 2. The van der Waals surface area contributed by atoms with Gasteiger partial charge >= 0.3 is 0 Å². The van der Waals surface area contributed by atoms with Crippen molar-refractivity contribution < 1.29 is 14.7 Å². The molecule has 5 nitrogen and oxygen atoms in total. The molecular weight excluding hydrogens is 340 g/mol. The topological polar surface area (TPSA) is 69.6 Å². The zero-order chi connectivity index (χ0) is 19.4. The first-order chi connectivity index (χ1) is 12.9. The highest BCUT2D eigenvalue weighted by Crippen LogP contribution is 2.38. The van der Waals surface area contributed by atoms with E-state index < -0.39 is 5.60 Å². The largest absolute Gasteiger partial charge is 0.390 e. The molecule has 0 bridgehead atoms. The van der Waals surface area contributed by atoms with Crippen LogP contribution in [-0.4, -0.2) is 40.5 Å². The Balaban J connectivity index is 1.73. The van der Waals surface area contributed by atoms with E-state index in [1.807, 2.05) is 43.0 Å². The molecule has 2 atom stereocenters. The van der Waals surface area contributed by atoms with Gasteiger partial charge in [0, 0.05) is 19.5 Å². The first kappa shape index (κ1) is 19.9. The minimum absolute atomic E-state index is 0.00389. The van der Waals surface area contributed by atoms with Crippen LogP contribution in [-0.2, 0) is 9.59 Å². The number of nitrogens with zero attached hydrogens (tertiary/aromatic N) is 1. The molecule has 0 spiro atoms. The fourth-order valence-electron chi connectivity index (χ4n) is 4.74. The molecule has 2 amide bonds. The zero-order valence-electron chi connectivity index (χ0n) is 16.5. The van der Waals surface area contributed by atoms with E-state index in [1.54, 1.807) is 0 Å². The van der Waals surface area contributed by atoms with Gasteiger partial charge in [-0.05, 0) is 50.7 Å². The van der Waals surface area contributed by atoms with Gasteiger partial charge in [-0.3, -0.25) is 9.59 Å². The quantitative estimate of drug-likeness (QED) is 0.806. The molecule has 0 aromatic heterocycles. The summed E-state index contributed by atoms with van der Waals surface area (Å²) in [6.45, 7) is 5.10. The smallest absolute Gasteiger partial charge is 0.225 e. The Morgan fingerprint density at radius 3 is 2.67 bits per heavy atom. The van der Waals surface area contributed by atoms with Crippen LogP contribution in [0.4, 0.5) is 0 Å².